The second-order valence-electron chi connectivity index (χ2n) is 7.00. The van der Waals surface area contributed by atoms with Crippen molar-refractivity contribution in [1.82, 2.24) is 5.32 Å². The fraction of sp³-hybridized carbons (Fsp3) is 0.364. The lowest BCUT2D eigenvalue weighted by molar-refractivity contribution is -0.121. The van der Waals surface area contributed by atoms with Crippen LogP contribution in [0.1, 0.15) is 24.8 Å². The highest BCUT2D eigenvalue weighted by Crippen LogP contribution is 2.33. The van der Waals surface area contributed by atoms with E-state index in [2.05, 4.69) is 5.32 Å². The Morgan fingerprint density at radius 1 is 1.07 bits per heavy atom. The highest BCUT2D eigenvalue weighted by atomic mass is 16.6. The smallest absolute Gasteiger partial charge is 0.227 e. The molecule has 1 N–H and O–H groups in total. The van der Waals surface area contributed by atoms with Crippen LogP contribution in [0.25, 0.3) is 0 Å². The van der Waals surface area contributed by atoms with E-state index in [1.54, 1.807) is 17.0 Å². The SMILES string of the molecule is O=C(CCOc1ccc2c(c1)OCCO2)NCc1ccc(N2CCCC2=O)cc1. The molecule has 1 fully saturated rings. The van der Waals surface area contributed by atoms with Gasteiger partial charge in [0.15, 0.2) is 11.5 Å². The summed E-state index contributed by atoms with van der Waals surface area (Å²) in [5.41, 5.74) is 1.90. The second kappa shape index (κ2) is 8.86. The molecule has 0 saturated carbocycles. The van der Waals surface area contributed by atoms with Crippen molar-refractivity contribution >= 4 is 17.5 Å². The van der Waals surface area contributed by atoms with Crippen LogP contribution in [-0.4, -0.2) is 38.2 Å². The number of hydrogen-bond acceptors (Lipinski definition) is 5. The van der Waals surface area contributed by atoms with Gasteiger partial charge in [-0.1, -0.05) is 12.1 Å². The topological polar surface area (TPSA) is 77.1 Å². The molecule has 2 heterocycles. The van der Waals surface area contributed by atoms with Crippen molar-refractivity contribution in [3.05, 3.63) is 48.0 Å². The van der Waals surface area contributed by atoms with Crippen molar-refractivity contribution in [1.29, 1.82) is 0 Å². The van der Waals surface area contributed by atoms with Gasteiger partial charge in [-0.15, -0.1) is 0 Å². The van der Waals surface area contributed by atoms with Crippen LogP contribution in [0.3, 0.4) is 0 Å². The highest BCUT2D eigenvalue weighted by Gasteiger charge is 2.21. The molecule has 152 valence electrons. The summed E-state index contributed by atoms with van der Waals surface area (Å²) in [4.78, 5) is 25.7. The first-order valence-electron chi connectivity index (χ1n) is 9.87. The third kappa shape index (κ3) is 4.80. The zero-order valence-corrected chi connectivity index (χ0v) is 16.2. The van der Waals surface area contributed by atoms with Gasteiger partial charge in [0.1, 0.15) is 19.0 Å². The molecule has 4 rings (SSSR count). The number of anilines is 1. The Hall–Kier alpha value is -3.22. The Labute approximate surface area is 169 Å². The molecule has 2 aromatic rings. The first-order chi connectivity index (χ1) is 14.2. The quantitative estimate of drug-likeness (QED) is 0.779. The van der Waals surface area contributed by atoms with Crippen LogP contribution in [-0.2, 0) is 16.1 Å². The Balaban J connectivity index is 1.20. The zero-order valence-electron chi connectivity index (χ0n) is 16.2. The summed E-state index contributed by atoms with van der Waals surface area (Å²) >= 11 is 0. The molecule has 0 aromatic heterocycles. The van der Waals surface area contributed by atoms with E-state index in [0.717, 1.165) is 24.2 Å². The Kier molecular flexibility index (Phi) is 5.84. The largest absolute Gasteiger partial charge is 0.493 e. The van der Waals surface area contributed by atoms with Gasteiger partial charge < -0.3 is 24.4 Å². The molecule has 0 unspecified atom stereocenters. The molecule has 0 aliphatic carbocycles. The van der Waals surface area contributed by atoms with Crippen LogP contribution < -0.4 is 24.4 Å². The lowest BCUT2D eigenvalue weighted by Crippen LogP contribution is -2.25. The van der Waals surface area contributed by atoms with Crippen molar-refractivity contribution in [3.63, 3.8) is 0 Å². The van der Waals surface area contributed by atoms with Crippen LogP contribution in [0.15, 0.2) is 42.5 Å². The van der Waals surface area contributed by atoms with E-state index in [4.69, 9.17) is 14.2 Å². The average molecular weight is 396 g/mol. The molecule has 0 bridgehead atoms. The lowest BCUT2D eigenvalue weighted by atomic mass is 10.2. The van der Waals surface area contributed by atoms with E-state index in [0.29, 0.717) is 43.4 Å². The third-order valence-electron chi connectivity index (χ3n) is 4.92. The summed E-state index contributed by atoms with van der Waals surface area (Å²) in [7, 11) is 0. The first-order valence-corrected chi connectivity index (χ1v) is 9.87. The highest BCUT2D eigenvalue weighted by molar-refractivity contribution is 5.95. The predicted octanol–water partition coefficient (Wildman–Crippen LogP) is 2.67. The summed E-state index contributed by atoms with van der Waals surface area (Å²) in [6, 6.07) is 13.1. The van der Waals surface area contributed by atoms with Gasteiger partial charge in [0.05, 0.1) is 13.0 Å². The number of nitrogens with zero attached hydrogens (tertiary/aromatic N) is 1. The fourth-order valence-corrected chi connectivity index (χ4v) is 3.38. The summed E-state index contributed by atoms with van der Waals surface area (Å²) in [5, 5.41) is 2.89. The number of fused-ring (bicyclic) bond motifs is 1. The van der Waals surface area contributed by atoms with Crippen LogP contribution >= 0.6 is 0 Å². The molecule has 0 atom stereocenters. The van der Waals surface area contributed by atoms with E-state index in [9.17, 15) is 9.59 Å². The minimum absolute atomic E-state index is 0.0821. The Bertz CT molecular complexity index is 881. The van der Waals surface area contributed by atoms with Gasteiger partial charge in [0.2, 0.25) is 11.8 Å². The normalized spacial score (nSPS) is 15.3. The summed E-state index contributed by atoms with van der Waals surface area (Å²) in [6.45, 7) is 2.57. The number of carbonyl (C=O) groups is 2. The maximum absolute atomic E-state index is 12.1. The van der Waals surface area contributed by atoms with Crippen LogP contribution in [0, 0.1) is 0 Å². The number of nitrogens with one attached hydrogen (secondary N) is 1. The van der Waals surface area contributed by atoms with Gasteiger partial charge in [-0.2, -0.15) is 0 Å². The number of rotatable bonds is 7. The van der Waals surface area contributed by atoms with E-state index < -0.39 is 0 Å². The Morgan fingerprint density at radius 2 is 1.86 bits per heavy atom. The van der Waals surface area contributed by atoms with Crippen LogP contribution in [0.2, 0.25) is 0 Å². The second-order valence-corrected chi connectivity index (χ2v) is 7.00. The number of benzene rings is 2. The van der Waals surface area contributed by atoms with Crippen molar-refractivity contribution in [3.8, 4) is 17.2 Å². The number of ether oxygens (including phenoxy) is 3. The van der Waals surface area contributed by atoms with Gasteiger partial charge in [-0.25, -0.2) is 0 Å². The standard InChI is InChI=1S/C22H24N2O5/c25-21(9-11-27-18-7-8-19-20(14-18)29-13-12-28-19)23-15-16-3-5-17(6-4-16)24-10-1-2-22(24)26/h3-8,14H,1-2,9-13,15H2,(H,23,25). The summed E-state index contributed by atoms with van der Waals surface area (Å²) in [6.07, 6.45) is 1.78. The molecular formula is C22H24N2O5. The number of carbonyl (C=O) groups excluding carboxylic acids is 2. The molecule has 0 spiro atoms. The molecule has 2 aromatic carbocycles. The molecule has 7 nitrogen and oxygen atoms in total. The van der Waals surface area contributed by atoms with E-state index >= 15 is 0 Å². The van der Waals surface area contributed by atoms with Crippen LogP contribution in [0.5, 0.6) is 17.2 Å². The van der Waals surface area contributed by atoms with Crippen molar-refractivity contribution in [2.24, 2.45) is 0 Å². The third-order valence-corrected chi connectivity index (χ3v) is 4.92. The van der Waals surface area contributed by atoms with Gasteiger partial charge in [0, 0.05) is 31.3 Å². The number of hydrogen-bond donors (Lipinski definition) is 1. The van der Waals surface area contributed by atoms with E-state index in [-0.39, 0.29) is 24.8 Å². The average Bonchev–Trinajstić information content (AvgIpc) is 3.18. The van der Waals surface area contributed by atoms with Crippen molar-refractivity contribution in [2.75, 3.05) is 31.3 Å². The monoisotopic (exact) mass is 396 g/mol. The molecule has 29 heavy (non-hydrogen) atoms. The van der Waals surface area contributed by atoms with Gasteiger partial charge >= 0.3 is 0 Å². The van der Waals surface area contributed by atoms with Gasteiger partial charge in [0.25, 0.3) is 0 Å². The maximum atomic E-state index is 12.1. The molecule has 1 saturated heterocycles. The molecule has 7 heteroatoms. The van der Waals surface area contributed by atoms with E-state index in [1.165, 1.54) is 0 Å². The minimum Gasteiger partial charge on any atom is -0.493 e. The molecular weight excluding hydrogens is 372 g/mol. The first kappa shape index (κ1) is 19.1. The van der Waals surface area contributed by atoms with Crippen LogP contribution in [0.4, 0.5) is 5.69 Å². The van der Waals surface area contributed by atoms with Crippen molar-refractivity contribution in [2.45, 2.75) is 25.8 Å². The minimum atomic E-state index is -0.0821. The molecule has 2 aliphatic rings. The Morgan fingerprint density at radius 3 is 2.62 bits per heavy atom. The lowest BCUT2D eigenvalue weighted by Gasteiger charge is -2.18. The zero-order chi connectivity index (χ0) is 20.1. The van der Waals surface area contributed by atoms with Gasteiger partial charge in [-0.05, 0) is 36.2 Å². The summed E-state index contributed by atoms with van der Waals surface area (Å²) < 4.78 is 16.6. The van der Waals surface area contributed by atoms with Crippen molar-refractivity contribution < 1.29 is 23.8 Å². The van der Waals surface area contributed by atoms with Gasteiger partial charge in [-0.3, -0.25) is 9.59 Å². The summed E-state index contributed by atoms with van der Waals surface area (Å²) in [5.74, 6) is 2.11. The van der Waals surface area contributed by atoms with E-state index in [1.807, 2.05) is 30.3 Å². The molecule has 0 radical (unpaired) electrons. The molecule has 2 aliphatic heterocycles. The molecule has 2 amide bonds. The number of amides is 2. The fourth-order valence-electron chi connectivity index (χ4n) is 3.38. The predicted molar refractivity (Wildman–Crippen MR) is 107 cm³/mol. The maximum Gasteiger partial charge on any atom is 0.227 e.